The number of nitrogens with zero attached hydrogens (tertiary/aromatic N) is 2. The molecule has 1 unspecified atom stereocenters. The van der Waals surface area contributed by atoms with E-state index in [1.165, 1.54) is 17.4 Å². The van der Waals surface area contributed by atoms with Gasteiger partial charge in [0.15, 0.2) is 0 Å². The molecule has 0 aromatic carbocycles. The summed E-state index contributed by atoms with van der Waals surface area (Å²) in [6, 6.07) is 4.26. The van der Waals surface area contributed by atoms with Gasteiger partial charge >= 0.3 is 5.97 Å². The van der Waals surface area contributed by atoms with Gasteiger partial charge in [-0.25, -0.2) is 0 Å². The molecular weight excluding hydrogens is 258 g/mol. The van der Waals surface area contributed by atoms with E-state index in [0.29, 0.717) is 5.69 Å². The van der Waals surface area contributed by atoms with E-state index < -0.39 is 5.97 Å². The Labute approximate surface area is 117 Å². The Morgan fingerprint density at radius 2 is 2.15 bits per heavy atom. The first-order chi connectivity index (χ1) is 9.63. The lowest BCUT2D eigenvalue weighted by atomic mass is 10.2. The van der Waals surface area contributed by atoms with Gasteiger partial charge in [0.05, 0.1) is 0 Å². The molecule has 1 aliphatic heterocycles. The van der Waals surface area contributed by atoms with Crippen LogP contribution >= 0.6 is 0 Å². The van der Waals surface area contributed by atoms with Crippen LogP contribution in [0.2, 0.25) is 0 Å². The van der Waals surface area contributed by atoms with Crippen molar-refractivity contribution < 1.29 is 14.7 Å². The highest BCUT2D eigenvalue weighted by Gasteiger charge is 2.35. The largest absolute Gasteiger partial charge is 0.480 e. The Kier molecular flexibility index (Phi) is 3.48. The van der Waals surface area contributed by atoms with Gasteiger partial charge < -0.3 is 15.0 Å². The molecule has 1 aromatic rings. The Balaban J connectivity index is 1.59. The lowest BCUT2D eigenvalue weighted by Gasteiger charge is -2.16. The van der Waals surface area contributed by atoms with Crippen molar-refractivity contribution >= 4 is 11.9 Å². The van der Waals surface area contributed by atoms with Gasteiger partial charge in [0.1, 0.15) is 12.2 Å². The van der Waals surface area contributed by atoms with E-state index >= 15 is 0 Å². The minimum Gasteiger partial charge on any atom is -0.480 e. The molecule has 108 valence electrons. The predicted octanol–water partition coefficient (Wildman–Crippen LogP) is 0.539. The topological polar surface area (TPSA) is 74.6 Å². The van der Waals surface area contributed by atoms with Crippen molar-refractivity contribution in [1.82, 2.24) is 14.8 Å². The smallest absolute Gasteiger partial charge is 0.323 e. The molecule has 1 amide bonds. The van der Waals surface area contributed by atoms with Crippen LogP contribution in [0.1, 0.15) is 29.8 Å². The third-order valence-corrected chi connectivity index (χ3v) is 3.99. The Morgan fingerprint density at radius 1 is 1.35 bits per heavy atom. The van der Waals surface area contributed by atoms with Gasteiger partial charge in [-0.3, -0.25) is 14.5 Å². The van der Waals surface area contributed by atoms with Crippen molar-refractivity contribution in [2.24, 2.45) is 0 Å². The summed E-state index contributed by atoms with van der Waals surface area (Å²) in [4.78, 5) is 25.4. The molecule has 2 N–H and O–H groups in total. The summed E-state index contributed by atoms with van der Waals surface area (Å²) in [6.07, 6.45) is 5.15. The van der Waals surface area contributed by atoms with Crippen LogP contribution < -0.4 is 5.32 Å². The SMILES string of the molecule is O=C(O)Cn1cccc1C(=O)NC1CCN(C2CC2)C1. The minimum absolute atomic E-state index is 0.177. The van der Waals surface area contributed by atoms with Crippen molar-refractivity contribution in [3.8, 4) is 0 Å². The van der Waals surface area contributed by atoms with Crippen LogP contribution in [0.25, 0.3) is 0 Å². The lowest BCUT2D eigenvalue weighted by Crippen LogP contribution is -2.38. The van der Waals surface area contributed by atoms with Crippen LogP contribution in [0.5, 0.6) is 0 Å². The second-order valence-corrected chi connectivity index (χ2v) is 5.60. The van der Waals surface area contributed by atoms with Gasteiger partial charge in [-0.1, -0.05) is 0 Å². The van der Waals surface area contributed by atoms with E-state index in [1.807, 2.05) is 0 Å². The molecule has 0 radical (unpaired) electrons. The molecule has 2 aliphatic rings. The molecule has 1 aliphatic carbocycles. The third kappa shape index (κ3) is 2.85. The standard InChI is InChI=1S/C14H19N3O3/c18-13(19)9-17-6-1-2-12(17)14(20)15-10-5-7-16(8-10)11-3-4-11/h1-2,6,10-11H,3-5,7-9H2,(H,15,20)(H,18,19). The Bertz CT molecular complexity index is 521. The number of amides is 1. The molecular formula is C14H19N3O3. The van der Waals surface area contributed by atoms with Crippen molar-refractivity contribution in [3.05, 3.63) is 24.0 Å². The van der Waals surface area contributed by atoms with E-state index in [9.17, 15) is 9.59 Å². The fourth-order valence-corrected chi connectivity index (χ4v) is 2.84. The fourth-order valence-electron chi connectivity index (χ4n) is 2.84. The highest BCUT2D eigenvalue weighted by atomic mass is 16.4. The molecule has 6 nitrogen and oxygen atoms in total. The summed E-state index contributed by atoms with van der Waals surface area (Å²) in [7, 11) is 0. The zero-order valence-corrected chi connectivity index (χ0v) is 11.3. The van der Waals surface area contributed by atoms with Crippen molar-refractivity contribution in [2.45, 2.75) is 37.9 Å². The summed E-state index contributed by atoms with van der Waals surface area (Å²) < 4.78 is 1.46. The number of aromatic nitrogens is 1. The normalized spacial score (nSPS) is 22.9. The van der Waals surface area contributed by atoms with Crippen LogP contribution in [0.3, 0.4) is 0 Å². The zero-order valence-electron chi connectivity index (χ0n) is 11.3. The quantitative estimate of drug-likeness (QED) is 0.823. The van der Waals surface area contributed by atoms with Gasteiger partial charge in [-0.15, -0.1) is 0 Å². The molecule has 3 rings (SSSR count). The molecule has 20 heavy (non-hydrogen) atoms. The first-order valence-electron chi connectivity index (χ1n) is 7.05. The molecule has 2 heterocycles. The summed E-state index contributed by atoms with van der Waals surface area (Å²) in [6.45, 7) is 1.77. The molecule has 1 atom stereocenters. The zero-order chi connectivity index (χ0) is 14.1. The summed E-state index contributed by atoms with van der Waals surface area (Å²) in [5, 5.41) is 11.8. The molecule has 0 bridgehead atoms. The highest BCUT2D eigenvalue weighted by Crippen LogP contribution is 2.29. The first kappa shape index (κ1) is 13.2. The number of carboxylic acid groups (broad SMARTS) is 1. The average Bonchev–Trinajstić information content (AvgIpc) is 2.96. The van der Waals surface area contributed by atoms with Crippen LogP contribution in [0.4, 0.5) is 0 Å². The van der Waals surface area contributed by atoms with Crippen molar-refractivity contribution in [3.63, 3.8) is 0 Å². The van der Waals surface area contributed by atoms with E-state index in [2.05, 4.69) is 10.2 Å². The third-order valence-electron chi connectivity index (χ3n) is 3.99. The van der Waals surface area contributed by atoms with Gasteiger partial charge in [0.2, 0.25) is 0 Å². The second-order valence-electron chi connectivity index (χ2n) is 5.60. The van der Waals surface area contributed by atoms with Gasteiger partial charge in [0.25, 0.3) is 5.91 Å². The molecule has 0 spiro atoms. The van der Waals surface area contributed by atoms with Gasteiger partial charge in [-0.2, -0.15) is 0 Å². The monoisotopic (exact) mass is 277 g/mol. The Hall–Kier alpha value is -1.82. The predicted molar refractivity (Wildman–Crippen MR) is 72.5 cm³/mol. The van der Waals surface area contributed by atoms with Crippen LogP contribution in [-0.4, -0.2) is 51.6 Å². The highest BCUT2D eigenvalue weighted by molar-refractivity contribution is 5.93. The number of carbonyl (C=O) groups is 2. The van der Waals surface area contributed by atoms with E-state index in [4.69, 9.17) is 5.11 Å². The maximum Gasteiger partial charge on any atom is 0.323 e. The molecule has 1 saturated carbocycles. The number of nitrogens with one attached hydrogen (secondary N) is 1. The molecule has 2 fully saturated rings. The second kappa shape index (κ2) is 5.28. The molecule has 6 heteroatoms. The number of likely N-dealkylation sites (tertiary alicyclic amines) is 1. The van der Waals surface area contributed by atoms with Crippen molar-refractivity contribution in [1.29, 1.82) is 0 Å². The maximum atomic E-state index is 12.2. The minimum atomic E-state index is -0.948. The van der Waals surface area contributed by atoms with Gasteiger partial charge in [0, 0.05) is 31.4 Å². The number of hydrogen-bond donors (Lipinski definition) is 2. The number of carbonyl (C=O) groups excluding carboxylic acids is 1. The number of aliphatic carboxylic acids is 1. The number of carboxylic acids is 1. The van der Waals surface area contributed by atoms with Crippen LogP contribution in [-0.2, 0) is 11.3 Å². The summed E-state index contributed by atoms with van der Waals surface area (Å²) in [5.74, 6) is -1.13. The molecule has 1 aromatic heterocycles. The van der Waals surface area contributed by atoms with E-state index in [1.54, 1.807) is 18.3 Å². The first-order valence-corrected chi connectivity index (χ1v) is 7.05. The lowest BCUT2D eigenvalue weighted by molar-refractivity contribution is -0.137. The molecule has 1 saturated heterocycles. The summed E-state index contributed by atoms with van der Waals surface area (Å²) in [5.41, 5.74) is 0.414. The fraction of sp³-hybridized carbons (Fsp3) is 0.571. The van der Waals surface area contributed by atoms with E-state index in [0.717, 1.165) is 25.6 Å². The van der Waals surface area contributed by atoms with Gasteiger partial charge in [-0.05, 0) is 31.4 Å². The Morgan fingerprint density at radius 3 is 2.85 bits per heavy atom. The summed E-state index contributed by atoms with van der Waals surface area (Å²) >= 11 is 0. The van der Waals surface area contributed by atoms with Crippen LogP contribution in [0, 0.1) is 0 Å². The average molecular weight is 277 g/mol. The number of rotatable bonds is 5. The van der Waals surface area contributed by atoms with E-state index in [-0.39, 0.29) is 18.5 Å². The van der Waals surface area contributed by atoms with Crippen molar-refractivity contribution in [2.75, 3.05) is 13.1 Å². The van der Waals surface area contributed by atoms with Crippen LogP contribution in [0.15, 0.2) is 18.3 Å². The maximum absolute atomic E-state index is 12.2. The number of hydrogen-bond acceptors (Lipinski definition) is 3.